The van der Waals surface area contributed by atoms with Crippen LogP contribution >= 0.6 is 0 Å². The largest absolute Gasteiger partial charge is 0.497 e. The van der Waals surface area contributed by atoms with Gasteiger partial charge in [-0.15, -0.1) is 0 Å². The zero-order chi connectivity index (χ0) is 16.7. The lowest BCUT2D eigenvalue weighted by Crippen LogP contribution is -2.13. The molecule has 6 heteroatoms. The average molecular weight is 309 g/mol. The van der Waals surface area contributed by atoms with Crippen molar-refractivity contribution >= 4 is 23.2 Å². The molecule has 0 atom stereocenters. The van der Waals surface area contributed by atoms with E-state index in [2.05, 4.69) is 10.6 Å². The van der Waals surface area contributed by atoms with Gasteiger partial charge in [-0.2, -0.15) is 5.26 Å². The highest BCUT2D eigenvalue weighted by Crippen LogP contribution is 2.16. The highest BCUT2D eigenvalue weighted by atomic mass is 16.5. The van der Waals surface area contributed by atoms with Gasteiger partial charge in [-0.1, -0.05) is 0 Å². The number of nitriles is 1. The van der Waals surface area contributed by atoms with Crippen LogP contribution in [0.3, 0.4) is 0 Å². The fraction of sp³-hybridized carbons (Fsp3) is 0.118. The third kappa shape index (κ3) is 4.58. The van der Waals surface area contributed by atoms with E-state index in [-0.39, 0.29) is 18.2 Å². The van der Waals surface area contributed by atoms with Gasteiger partial charge in [0.15, 0.2) is 0 Å². The van der Waals surface area contributed by atoms with Crippen LogP contribution in [0.4, 0.5) is 11.4 Å². The Kier molecular flexibility index (Phi) is 5.31. The quantitative estimate of drug-likeness (QED) is 0.888. The maximum Gasteiger partial charge on any atom is 0.255 e. The third-order valence-electron chi connectivity index (χ3n) is 3.02. The summed E-state index contributed by atoms with van der Waals surface area (Å²) in [4.78, 5) is 23.4. The van der Waals surface area contributed by atoms with E-state index >= 15 is 0 Å². The van der Waals surface area contributed by atoms with Crippen molar-refractivity contribution in [1.82, 2.24) is 0 Å². The topological polar surface area (TPSA) is 91.2 Å². The molecule has 116 valence electrons. The second-order valence-corrected chi connectivity index (χ2v) is 4.64. The smallest absolute Gasteiger partial charge is 0.255 e. The van der Waals surface area contributed by atoms with Gasteiger partial charge in [-0.25, -0.2) is 0 Å². The van der Waals surface area contributed by atoms with Crippen LogP contribution in [0.5, 0.6) is 5.75 Å². The van der Waals surface area contributed by atoms with Crippen molar-refractivity contribution in [3.8, 4) is 11.8 Å². The number of amides is 2. The Morgan fingerprint density at radius 2 is 1.57 bits per heavy atom. The first-order valence-corrected chi connectivity index (χ1v) is 6.84. The maximum absolute atomic E-state index is 12.1. The van der Waals surface area contributed by atoms with E-state index < -0.39 is 0 Å². The molecule has 0 fully saturated rings. The summed E-state index contributed by atoms with van der Waals surface area (Å²) in [6, 6.07) is 15.2. The van der Waals surface area contributed by atoms with Gasteiger partial charge in [0, 0.05) is 16.9 Å². The molecule has 0 aliphatic heterocycles. The number of nitrogens with one attached hydrogen (secondary N) is 2. The zero-order valence-electron chi connectivity index (χ0n) is 12.5. The minimum atomic E-state index is -0.386. The van der Waals surface area contributed by atoms with Crippen molar-refractivity contribution in [2.24, 2.45) is 0 Å². The van der Waals surface area contributed by atoms with Crippen molar-refractivity contribution in [2.75, 3.05) is 17.7 Å². The Labute approximate surface area is 133 Å². The molecule has 23 heavy (non-hydrogen) atoms. The molecule has 2 rings (SSSR count). The summed E-state index contributed by atoms with van der Waals surface area (Å²) in [6.07, 6.45) is -0.209. The van der Waals surface area contributed by atoms with E-state index in [0.717, 1.165) is 0 Å². The predicted octanol–water partition coefficient (Wildman–Crippen LogP) is 2.80. The molecular weight excluding hydrogens is 294 g/mol. The number of hydrogen-bond donors (Lipinski definition) is 2. The van der Waals surface area contributed by atoms with Crippen molar-refractivity contribution in [1.29, 1.82) is 5.26 Å². The number of carbonyl (C=O) groups excluding carboxylic acids is 2. The zero-order valence-corrected chi connectivity index (χ0v) is 12.5. The van der Waals surface area contributed by atoms with E-state index in [1.54, 1.807) is 61.7 Å². The summed E-state index contributed by atoms with van der Waals surface area (Å²) in [5.74, 6) is 0.0634. The van der Waals surface area contributed by atoms with E-state index in [0.29, 0.717) is 22.7 Å². The van der Waals surface area contributed by atoms with Crippen molar-refractivity contribution in [2.45, 2.75) is 6.42 Å². The molecule has 2 aromatic rings. The summed E-state index contributed by atoms with van der Waals surface area (Å²) in [7, 11) is 1.57. The molecule has 0 aliphatic carbocycles. The van der Waals surface area contributed by atoms with Gasteiger partial charge >= 0.3 is 0 Å². The molecule has 0 saturated heterocycles. The highest BCUT2D eigenvalue weighted by Gasteiger charge is 2.07. The van der Waals surface area contributed by atoms with Crippen molar-refractivity contribution < 1.29 is 14.3 Å². The summed E-state index contributed by atoms with van der Waals surface area (Å²) in [6.45, 7) is 0. The van der Waals surface area contributed by atoms with E-state index in [1.807, 2.05) is 0 Å². The van der Waals surface area contributed by atoms with Crippen LogP contribution in [0.25, 0.3) is 0 Å². The maximum atomic E-state index is 12.1. The number of nitrogens with zero attached hydrogens (tertiary/aromatic N) is 1. The molecule has 0 unspecified atom stereocenters. The predicted molar refractivity (Wildman–Crippen MR) is 86.2 cm³/mol. The Hall–Kier alpha value is -3.33. The minimum Gasteiger partial charge on any atom is -0.497 e. The lowest BCUT2D eigenvalue weighted by molar-refractivity contribution is -0.115. The van der Waals surface area contributed by atoms with Crippen molar-refractivity contribution in [3.05, 3.63) is 54.1 Å². The van der Waals surface area contributed by atoms with Gasteiger partial charge in [0.25, 0.3) is 5.91 Å². The average Bonchev–Trinajstić information content (AvgIpc) is 2.56. The summed E-state index contributed by atoms with van der Waals surface area (Å²) in [5.41, 5.74) is 1.65. The lowest BCUT2D eigenvalue weighted by atomic mass is 10.2. The minimum absolute atomic E-state index is 0.209. The Bertz CT molecular complexity index is 731. The second-order valence-electron chi connectivity index (χ2n) is 4.64. The molecule has 0 aliphatic rings. The van der Waals surface area contributed by atoms with Gasteiger partial charge in [0.1, 0.15) is 12.2 Å². The molecule has 0 bridgehead atoms. The summed E-state index contributed by atoms with van der Waals surface area (Å²) >= 11 is 0. The van der Waals surface area contributed by atoms with Crippen LogP contribution in [-0.4, -0.2) is 18.9 Å². The normalized spacial score (nSPS) is 9.57. The van der Waals surface area contributed by atoms with Crippen molar-refractivity contribution in [3.63, 3.8) is 0 Å². The number of hydrogen-bond acceptors (Lipinski definition) is 4. The van der Waals surface area contributed by atoms with Crippen LogP contribution in [0, 0.1) is 11.3 Å². The van der Waals surface area contributed by atoms with Gasteiger partial charge in [0.2, 0.25) is 5.91 Å². The van der Waals surface area contributed by atoms with Crippen LogP contribution in [0.1, 0.15) is 16.8 Å². The molecule has 2 amide bonds. The highest BCUT2D eigenvalue weighted by molar-refractivity contribution is 6.04. The first kappa shape index (κ1) is 16.0. The third-order valence-corrected chi connectivity index (χ3v) is 3.02. The number of benzene rings is 2. The fourth-order valence-electron chi connectivity index (χ4n) is 1.86. The van der Waals surface area contributed by atoms with Gasteiger partial charge in [-0.05, 0) is 48.5 Å². The molecule has 0 aromatic heterocycles. The summed E-state index contributed by atoms with van der Waals surface area (Å²) in [5, 5.41) is 13.8. The number of rotatable bonds is 5. The Morgan fingerprint density at radius 3 is 2.13 bits per heavy atom. The molecule has 0 heterocycles. The van der Waals surface area contributed by atoms with E-state index in [9.17, 15) is 9.59 Å². The van der Waals surface area contributed by atoms with E-state index in [4.69, 9.17) is 10.00 Å². The van der Waals surface area contributed by atoms with Gasteiger partial charge < -0.3 is 15.4 Å². The van der Waals surface area contributed by atoms with Crippen LogP contribution < -0.4 is 15.4 Å². The van der Waals surface area contributed by atoms with Gasteiger partial charge in [-0.3, -0.25) is 9.59 Å². The number of methoxy groups -OCH3 is 1. The Balaban J connectivity index is 1.99. The monoisotopic (exact) mass is 309 g/mol. The first-order valence-electron chi connectivity index (χ1n) is 6.84. The van der Waals surface area contributed by atoms with Gasteiger partial charge in [0.05, 0.1) is 13.2 Å². The van der Waals surface area contributed by atoms with Crippen LogP contribution in [0.2, 0.25) is 0 Å². The molecule has 2 N–H and O–H groups in total. The lowest BCUT2D eigenvalue weighted by Gasteiger charge is -2.07. The molecule has 0 saturated carbocycles. The number of ether oxygens (including phenoxy) is 1. The molecule has 2 aromatic carbocycles. The summed E-state index contributed by atoms with van der Waals surface area (Å²) < 4.78 is 5.05. The van der Waals surface area contributed by atoms with E-state index in [1.165, 1.54) is 0 Å². The SMILES string of the molecule is COc1ccc(NC(=O)c2ccc(NC(=O)CC#N)cc2)cc1. The molecule has 0 radical (unpaired) electrons. The molecule has 0 spiro atoms. The Morgan fingerprint density at radius 1 is 1.00 bits per heavy atom. The van der Waals surface area contributed by atoms with Crippen LogP contribution in [-0.2, 0) is 4.79 Å². The second kappa shape index (κ2) is 7.61. The number of carbonyl (C=O) groups is 2. The number of anilines is 2. The molecule has 6 nitrogen and oxygen atoms in total. The van der Waals surface area contributed by atoms with Crippen LogP contribution in [0.15, 0.2) is 48.5 Å². The standard InChI is InChI=1S/C17H15N3O3/c1-23-15-8-6-14(7-9-15)20-17(22)12-2-4-13(5-3-12)19-16(21)10-11-18/h2-9H,10H2,1H3,(H,19,21)(H,20,22). The molecular formula is C17H15N3O3. The fourth-order valence-corrected chi connectivity index (χ4v) is 1.86. The first-order chi connectivity index (χ1) is 11.1.